The second kappa shape index (κ2) is 9.27. The Morgan fingerprint density at radius 3 is 2.68 bits per heavy atom. The molecule has 1 N–H and O–H groups in total. The molecule has 0 saturated carbocycles. The van der Waals surface area contributed by atoms with Gasteiger partial charge in [-0.3, -0.25) is 9.59 Å². The Morgan fingerprint density at radius 1 is 1.32 bits per heavy atom. The second-order valence-electron chi connectivity index (χ2n) is 4.23. The number of halogens is 2. The third-order valence-corrected chi connectivity index (χ3v) is 2.86. The summed E-state index contributed by atoms with van der Waals surface area (Å²) in [4.78, 5) is 22.8. The van der Waals surface area contributed by atoms with Gasteiger partial charge in [-0.25, -0.2) is 5.43 Å². The van der Waals surface area contributed by atoms with Gasteiger partial charge in [-0.05, 0) is 32.0 Å². The molecule has 0 heterocycles. The summed E-state index contributed by atoms with van der Waals surface area (Å²) in [7, 11) is 0. The van der Waals surface area contributed by atoms with Crippen LogP contribution in [0.4, 0.5) is 0 Å². The minimum absolute atomic E-state index is 0.0119. The van der Waals surface area contributed by atoms with Gasteiger partial charge in [0.1, 0.15) is 5.75 Å². The standard InChI is InChI=1S/C14H16Cl2N2O4/c1-3-21-14(20)6-9(2)17-18-13(19)8-22-12-5-4-10(15)7-11(12)16/h4-5,7H,3,6,8H2,1-2H3,(H,18,19)/b17-9-. The minimum Gasteiger partial charge on any atom is -0.482 e. The zero-order chi connectivity index (χ0) is 16.5. The molecule has 0 aliphatic heterocycles. The summed E-state index contributed by atoms with van der Waals surface area (Å²) in [5.41, 5.74) is 2.71. The number of carbonyl (C=O) groups excluding carboxylic acids is 2. The van der Waals surface area contributed by atoms with Crippen molar-refractivity contribution in [2.75, 3.05) is 13.2 Å². The fourth-order valence-corrected chi connectivity index (χ4v) is 1.85. The topological polar surface area (TPSA) is 77.0 Å². The van der Waals surface area contributed by atoms with Gasteiger partial charge in [0.05, 0.1) is 18.1 Å². The molecule has 0 aliphatic carbocycles. The zero-order valence-corrected chi connectivity index (χ0v) is 13.7. The Labute approximate surface area is 138 Å². The van der Waals surface area contributed by atoms with Gasteiger partial charge in [-0.2, -0.15) is 5.10 Å². The number of hydrogen-bond donors (Lipinski definition) is 1. The van der Waals surface area contributed by atoms with Gasteiger partial charge in [0.25, 0.3) is 5.91 Å². The molecule has 0 bridgehead atoms. The van der Waals surface area contributed by atoms with Crippen molar-refractivity contribution in [3.63, 3.8) is 0 Å². The van der Waals surface area contributed by atoms with E-state index in [4.69, 9.17) is 32.7 Å². The first kappa shape index (κ1) is 18.3. The van der Waals surface area contributed by atoms with Crippen LogP contribution in [-0.2, 0) is 14.3 Å². The van der Waals surface area contributed by atoms with Gasteiger partial charge < -0.3 is 9.47 Å². The fraction of sp³-hybridized carbons (Fsp3) is 0.357. The molecule has 1 aromatic carbocycles. The van der Waals surface area contributed by atoms with Gasteiger partial charge in [-0.15, -0.1) is 0 Å². The van der Waals surface area contributed by atoms with E-state index >= 15 is 0 Å². The molecule has 6 nitrogen and oxygen atoms in total. The van der Waals surface area contributed by atoms with Crippen LogP contribution in [0.15, 0.2) is 23.3 Å². The Hall–Kier alpha value is -1.79. The van der Waals surface area contributed by atoms with Crippen LogP contribution in [0.5, 0.6) is 5.75 Å². The smallest absolute Gasteiger partial charge is 0.311 e. The molecule has 0 aromatic heterocycles. The number of ether oxygens (including phenoxy) is 2. The third kappa shape index (κ3) is 6.78. The Morgan fingerprint density at radius 2 is 2.05 bits per heavy atom. The number of carbonyl (C=O) groups is 2. The number of benzene rings is 1. The quantitative estimate of drug-likeness (QED) is 0.467. The van der Waals surface area contributed by atoms with Crippen LogP contribution in [0.25, 0.3) is 0 Å². The number of nitrogens with one attached hydrogen (secondary N) is 1. The maximum atomic E-state index is 11.6. The highest BCUT2D eigenvalue weighted by Crippen LogP contribution is 2.27. The molecule has 1 aromatic rings. The van der Waals surface area contributed by atoms with Crippen LogP contribution in [0.3, 0.4) is 0 Å². The normalized spacial score (nSPS) is 11.0. The number of hydrogen-bond acceptors (Lipinski definition) is 5. The molecule has 0 unspecified atom stereocenters. The van der Waals surface area contributed by atoms with Gasteiger partial charge in [0.2, 0.25) is 0 Å². The predicted molar refractivity (Wildman–Crippen MR) is 84.5 cm³/mol. The lowest BCUT2D eigenvalue weighted by molar-refractivity contribution is -0.141. The first-order chi connectivity index (χ1) is 10.4. The molecule has 0 aliphatic rings. The number of esters is 1. The monoisotopic (exact) mass is 346 g/mol. The molecule has 8 heteroatoms. The summed E-state index contributed by atoms with van der Waals surface area (Å²) >= 11 is 11.7. The maximum absolute atomic E-state index is 11.6. The minimum atomic E-state index is -0.478. The summed E-state index contributed by atoms with van der Waals surface area (Å²) < 4.78 is 10.0. The van der Waals surface area contributed by atoms with Crippen LogP contribution < -0.4 is 10.2 Å². The van der Waals surface area contributed by atoms with E-state index in [1.807, 2.05) is 0 Å². The van der Waals surface area contributed by atoms with Gasteiger partial charge in [-0.1, -0.05) is 23.2 Å². The summed E-state index contributed by atoms with van der Waals surface area (Å²) in [6.45, 7) is 3.35. The lowest BCUT2D eigenvalue weighted by Crippen LogP contribution is -2.26. The predicted octanol–water partition coefficient (Wildman–Crippen LogP) is 2.82. The van der Waals surface area contributed by atoms with Crippen molar-refractivity contribution in [3.8, 4) is 5.75 Å². The summed E-state index contributed by atoms with van der Waals surface area (Å²) in [5, 5.41) is 4.56. The van der Waals surface area contributed by atoms with E-state index in [-0.39, 0.29) is 13.0 Å². The molecule has 0 atom stereocenters. The first-order valence-corrected chi connectivity index (χ1v) is 7.23. The number of amides is 1. The van der Waals surface area contributed by atoms with Crippen LogP contribution in [0, 0.1) is 0 Å². The average Bonchev–Trinajstić information content (AvgIpc) is 2.44. The van der Waals surface area contributed by atoms with Crippen molar-refractivity contribution in [1.82, 2.24) is 5.43 Å². The molecule has 1 amide bonds. The lowest BCUT2D eigenvalue weighted by Gasteiger charge is -2.07. The van der Waals surface area contributed by atoms with Crippen LogP contribution in [0.2, 0.25) is 10.0 Å². The molecular formula is C14H16Cl2N2O4. The molecule has 22 heavy (non-hydrogen) atoms. The molecule has 0 spiro atoms. The molecular weight excluding hydrogens is 331 g/mol. The Bertz CT molecular complexity index is 576. The highest BCUT2D eigenvalue weighted by molar-refractivity contribution is 6.35. The van der Waals surface area contributed by atoms with E-state index in [1.165, 1.54) is 6.07 Å². The number of nitrogens with zero attached hydrogens (tertiary/aromatic N) is 1. The van der Waals surface area contributed by atoms with Crippen molar-refractivity contribution < 1.29 is 19.1 Å². The van der Waals surface area contributed by atoms with Crippen molar-refractivity contribution in [2.24, 2.45) is 5.10 Å². The Kier molecular flexibility index (Phi) is 7.70. The van der Waals surface area contributed by atoms with E-state index in [0.717, 1.165) is 0 Å². The van der Waals surface area contributed by atoms with E-state index in [9.17, 15) is 9.59 Å². The Balaban J connectivity index is 2.41. The summed E-state index contributed by atoms with van der Waals surface area (Å²) in [6.07, 6.45) is 0.0119. The van der Waals surface area contributed by atoms with E-state index in [1.54, 1.807) is 26.0 Å². The summed E-state index contributed by atoms with van der Waals surface area (Å²) in [6, 6.07) is 4.67. The second-order valence-corrected chi connectivity index (χ2v) is 5.07. The number of hydrazone groups is 1. The fourth-order valence-electron chi connectivity index (χ4n) is 1.39. The van der Waals surface area contributed by atoms with Crippen LogP contribution in [-0.4, -0.2) is 30.8 Å². The van der Waals surface area contributed by atoms with E-state index < -0.39 is 11.9 Å². The largest absolute Gasteiger partial charge is 0.482 e. The molecule has 120 valence electrons. The number of rotatable bonds is 7. The average molecular weight is 347 g/mol. The maximum Gasteiger partial charge on any atom is 0.311 e. The van der Waals surface area contributed by atoms with Gasteiger partial charge >= 0.3 is 5.97 Å². The van der Waals surface area contributed by atoms with Crippen molar-refractivity contribution in [3.05, 3.63) is 28.2 Å². The highest BCUT2D eigenvalue weighted by Gasteiger charge is 2.07. The zero-order valence-electron chi connectivity index (χ0n) is 12.2. The molecule has 0 saturated heterocycles. The van der Waals surface area contributed by atoms with Crippen LogP contribution >= 0.6 is 23.2 Å². The van der Waals surface area contributed by atoms with E-state index in [2.05, 4.69) is 10.5 Å². The highest BCUT2D eigenvalue weighted by atomic mass is 35.5. The first-order valence-electron chi connectivity index (χ1n) is 6.47. The van der Waals surface area contributed by atoms with Gasteiger partial charge in [0, 0.05) is 10.7 Å². The lowest BCUT2D eigenvalue weighted by atomic mass is 10.3. The SMILES string of the molecule is CCOC(=O)C/C(C)=N\NC(=O)COc1ccc(Cl)cc1Cl. The molecule has 0 fully saturated rings. The van der Waals surface area contributed by atoms with Crippen molar-refractivity contribution >= 4 is 40.8 Å². The summed E-state index contributed by atoms with van der Waals surface area (Å²) in [5.74, 6) is -0.537. The van der Waals surface area contributed by atoms with Gasteiger partial charge in [0.15, 0.2) is 6.61 Å². The van der Waals surface area contributed by atoms with Crippen molar-refractivity contribution in [1.29, 1.82) is 0 Å². The molecule has 0 radical (unpaired) electrons. The van der Waals surface area contributed by atoms with Crippen molar-refractivity contribution in [2.45, 2.75) is 20.3 Å². The molecule has 1 rings (SSSR count). The van der Waals surface area contributed by atoms with E-state index in [0.29, 0.717) is 28.1 Å². The third-order valence-electron chi connectivity index (χ3n) is 2.33. The van der Waals surface area contributed by atoms with Crippen LogP contribution in [0.1, 0.15) is 20.3 Å².